The predicted octanol–water partition coefficient (Wildman–Crippen LogP) is 1.16. The molecule has 5 N–H and O–H groups in total. The van der Waals surface area contributed by atoms with Crippen molar-refractivity contribution in [1.82, 2.24) is 31.2 Å². The van der Waals surface area contributed by atoms with E-state index in [-0.39, 0.29) is 36.4 Å². The summed E-state index contributed by atoms with van der Waals surface area (Å²) in [6.45, 7) is 2.67. The van der Waals surface area contributed by atoms with Gasteiger partial charge in [0.05, 0.1) is 13.2 Å². The SMILES string of the molecule is CCOC(=O)CNC(=O)C(CCSC)NC(=O)CNC(=O)/C(=C/Nc1nc(C)cc(Cl)n1)NC(=O)c1ccccc1. The Morgan fingerprint density at radius 3 is 2.46 bits per heavy atom. The van der Waals surface area contributed by atoms with E-state index >= 15 is 0 Å². The summed E-state index contributed by atoms with van der Waals surface area (Å²) in [7, 11) is 0. The van der Waals surface area contributed by atoms with Crippen LogP contribution in [-0.4, -0.2) is 77.3 Å². The summed E-state index contributed by atoms with van der Waals surface area (Å²) in [5.74, 6) is -2.57. The lowest BCUT2D eigenvalue weighted by Crippen LogP contribution is -2.51. The van der Waals surface area contributed by atoms with Crippen LogP contribution in [0.15, 0.2) is 48.3 Å². The number of carbonyl (C=O) groups is 5. The van der Waals surface area contributed by atoms with Crippen LogP contribution >= 0.6 is 23.4 Å². The number of hydrogen-bond donors (Lipinski definition) is 5. The Bertz CT molecular complexity index is 1240. The Hall–Kier alpha value is -4.17. The molecule has 4 amide bonds. The van der Waals surface area contributed by atoms with Crippen molar-refractivity contribution in [2.45, 2.75) is 26.3 Å². The molecule has 0 spiro atoms. The lowest BCUT2D eigenvalue weighted by Gasteiger charge is -2.18. The Morgan fingerprint density at radius 2 is 1.80 bits per heavy atom. The van der Waals surface area contributed by atoms with E-state index < -0.39 is 42.2 Å². The van der Waals surface area contributed by atoms with Crippen LogP contribution < -0.4 is 26.6 Å². The number of thioether (sulfide) groups is 1. The quantitative estimate of drug-likeness (QED) is 0.112. The molecule has 1 unspecified atom stereocenters. The molecule has 15 heteroatoms. The Kier molecular flexibility index (Phi) is 14.1. The van der Waals surface area contributed by atoms with Gasteiger partial charge in [0.25, 0.3) is 11.8 Å². The van der Waals surface area contributed by atoms with Crippen LogP contribution in [0.2, 0.25) is 5.15 Å². The average Bonchev–Trinajstić information content (AvgIpc) is 2.94. The van der Waals surface area contributed by atoms with E-state index in [0.717, 1.165) is 0 Å². The molecule has 0 aliphatic heterocycles. The van der Waals surface area contributed by atoms with Gasteiger partial charge in [-0.05, 0) is 50.5 Å². The van der Waals surface area contributed by atoms with Crippen LogP contribution in [0.4, 0.5) is 5.95 Å². The highest BCUT2D eigenvalue weighted by Crippen LogP contribution is 2.10. The van der Waals surface area contributed by atoms with Crippen LogP contribution in [-0.2, 0) is 23.9 Å². The molecule has 0 saturated heterocycles. The molecule has 1 atom stereocenters. The first-order chi connectivity index (χ1) is 19.6. The molecular formula is C26H32ClN7O6S. The lowest BCUT2D eigenvalue weighted by molar-refractivity contribution is -0.143. The largest absolute Gasteiger partial charge is 0.465 e. The zero-order valence-electron chi connectivity index (χ0n) is 22.8. The van der Waals surface area contributed by atoms with Crippen molar-refractivity contribution in [1.29, 1.82) is 0 Å². The van der Waals surface area contributed by atoms with Gasteiger partial charge < -0.3 is 31.3 Å². The Morgan fingerprint density at radius 1 is 1.07 bits per heavy atom. The third-order valence-electron chi connectivity index (χ3n) is 5.08. The topological polar surface area (TPSA) is 181 Å². The summed E-state index contributed by atoms with van der Waals surface area (Å²) >= 11 is 7.44. The summed E-state index contributed by atoms with van der Waals surface area (Å²) in [6.07, 6.45) is 3.30. The number of nitrogens with zero attached hydrogens (tertiary/aromatic N) is 2. The van der Waals surface area contributed by atoms with Gasteiger partial charge in [-0.1, -0.05) is 29.8 Å². The molecule has 2 aromatic rings. The second-order valence-electron chi connectivity index (χ2n) is 8.29. The third kappa shape index (κ3) is 12.3. The summed E-state index contributed by atoms with van der Waals surface area (Å²) in [4.78, 5) is 70.6. The van der Waals surface area contributed by atoms with Crippen molar-refractivity contribution in [3.05, 3.63) is 64.7 Å². The minimum absolute atomic E-state index is 0.0810. The first-order valence-electron chi connectivity index (χ1n) is 12.5. The average molecular weight is 606 g/mol. The van der Waals surface area contributed by atoms with E-state index in [2.05, 4.69) is 36.6 Å². The molecule has 2 rings (SSSR count). The molecule has 0 radical (unpaired) electrons. The zero-order valence-corrected chi connectivity index (χ0v) is 24.4. The van der Waals surface area contributed by atoms with E-state index in [1.807, 2.05) is 6.26 Å². The van der Waals surface area contributed by atoms with E-state index in [9.17, 15) is 24.0 Å². The Labute approximate surface area is 246 Å². The van der Waals surface area contributed by atoms with Crippen molar-refractivity contribution >= 4 is 58.9 Å². The van der Waals surface area contributed by atoms with Crippen molar-refractivity contribution in [2.75, 3.05) is 37.0 Å². The number of anilines is 1. The summed E-state index contributed by atoms with van der Waals surface area (Å²) < 4.78 is 4.79. The molecule has 1 aromatic heterocycles. The number of esters is 1. The van der Waals surface area contributed by atoms with Gasteiger partial charge in [0.2, 0.25) is 17.8 Å². The minimum atomic E-state index is -0.945. The molecule has 0 fully saturated rings. The number of halogens is 1. The van der Waals surface area contributed by atoms with Crippen LogP contribution in [0, 0.1) is 6.92 Å². The number of aryl methyl sites for hydroxylation is 1. The third-order valence-corrected chi connectivity index (χ3v) is 5.92. The zero-order chi connectivity index (χ0) is 30.2. The molecule has 1 heterocycles. The first kappa shape index (κ1) is 33.0. The summed E-state index contributed by atoms with van der Waals surface area (Å²) in [5, 5.41) is 12.8. The fraction of sp³-hybridized carbons (Fsp3) is 0.346. The second-order valence-corrected chi connectivity index (χ2v) is 9.66. The highest BCUT2D eigenvalue weighted by molar-refractivity contribution is 7.98. The van der Waals surface area contributed by atoms with Gasteiger partial charge >= 0.3 is 5.97 Å². The highest BCUT2D eigenvalue weighted by atomic mass is 35.5. The number of nitrogens with one attached hydrogen (secondary N) is 5. The molecule has 0 aliphatic carbocycles. The van der Waals surface area contributed by atoms with E-state index in [1.165, 1.54) is 18.0 Å². The van der Waals surface area contributed by atoms with Crippen molar-refractivity contribution in [3.8, 4) is 0 Å². The normalized spacial score (nSPS) is 11.6. The number of hydrogen-bond acceptors (Lipinski definition) is 10. The smallest absolute Gasteiger partial charge is 0.325 e. The van der Waals surface area contributed by atoms with Crippen LogP contribution in [0.25, 0.3) is 0 Å². The predicted molar refractivity (Wildman–Crippen MR) is 155 cm³/mol. The molecule has 0 bridgehead atoms. The van der Waals surface area contributed by atoms with E-state index in [4.69, 9.17) is 16.3 Å². The van der Waals surface area contributed by atoms with Gasteiger partial charge in [0.1, 0.15) is 23.4 Å². The van der Waals surface area contributed by atoms with E-state index in [1.54, 1.807) is 50.2 Å². The number of carbonyl (C=O) groups excluding carboxylic acids is 5. The van der Waals surface area contributed by atoms with Crippen molar-refractivity contribution in [2.24, 2.45) is 0 Å². The van der Waals surface area contributed by atoms with Crippen LogP contribution in [0.3, 0.4) is 0 Å². The molecule has 0 saturated carbocycles. The monoisotopic (exact) mass is 605 g/mol. The van der Waals surface area contributed by atoms with Crippen LogP contribution in [0.1, 0.15) is 29.4 Å². The first-order valence-corrected chi connectivity index (χ1v) is 14.2. The molecule has 220 valence electrons. The van der Waals surface area contributed by atoms with Gasteiger partial charge in [-0.3, -0.25) is 24.0 Å². The second kappa shape index (κ2) is 17.5. The fourth-order valence-electron chi connectivity index (χ4n) is 3.17. The van der Waals surface area contributed by atoms with E-state index in [0.29, 0.717) is 17.0 Å². The maximum atomic E-state index is 13.0. The molecule has 13 nitrogen and oxygen atoms in total. The van der Waals surface area contributed by atoms with Gasteiger partial charge in [-0.15, -0.1) is 0 Å². The van der Waals surface area contributed by atoms with Crippen LogP contribution in [0.5, 0.6) is 0 Å². The standard InChI is InChI=1S/C26H32ClN7O6S/c1-4-40-22(36)15-29-24(38)18(10-11-41-3)32-21(35)14-28-25(39)19(33-23(37)17-8-6-5-7-9-17)13-30-26-31-16(2)12-20(27)34-26/h5-9,12-13,18H,4,10-11,14-15H2,1-3H3,(H,28,39)(H,29,38)(H,32,35)(H,33,37)(H,30,31,34)/b19-13-. The molecule has 0 aliphatic rings. The molecule has 41 heavy (non-hydrogen) atoms. The summed E-state index contributed by atoms with van der Waals surface area (Å²) in [6, 6.07) is 8.80. The van der Waals surface area contributed by atoms with Gasteiger partial charge in [-0.2, -0.15) is 11.8 Å². The minimum Gasteiger partial charge on any atom is -0.465 e. The molecule has 1 aromatic carbocycles. The lowest BCUT2D eigenvalue weighted by atomic mass is 10.2. The number of ether oxygens (including phenoxy) is 1. The number of aromatic nitrogens is 2. The molecular weight excluding hydrogens is 574 g/mol. The van der Waals surface area contributed by atoms with Gasteiger partial charge in [-0.25, -0.2) is 9.97 Å². The number of benzene rings is 1. The van der Waals surface area contributed by atoms with Crippen molar-refractivity contribution < 1.29 is 28.7 Å². The highest BCUT2D eigenvalue weighted by Gasteiger charge is 2.22. The summed E-state index contributed by atoms with van der Waals surface area (Å²) in [5.41, 5.74) is 0.627. The van der Waals surface area contributed by atoms with Gasteiger partial charge in [0, 0.05) is 17.5 Å². The van der Waals surface area contributed by atoms with Gasteiger partial charge in [0.15, 0.2) is 0 Å². The number of amides is 4. The Balaban J connectivity index is 2.09. The number of rotatable bonds is 15. The maximum Gasteiger partial charge on any atom is 0.325 e. The van der Waals surface area contributed by atoms with Crippen molar-refractivity contribution in [3.63, 3.8) is 0 Å². The fourth-order valence-corrected chi connectivity index (χ4v) is 3.88. The maximum absolute atomic E-state index is 13.0.